The van der Waals surface area contributed by atoms with Gasteiger partial charge in [-0.1, -0.05) is 12.1 Å². The average Bonchev–Trinajstić information content (AvgIpc) is 3.22. The second-order valence-corrected chi connectivity index (χ2v) is 7.10. The summed E-state index contributed by atoms with van der Waals surface area (Å²) in [7, 11) is 3.45. The van der Waals surface area contributed by atoms with E-state index in [0.717, 1.165) is 37.6 Å². The molecule has 3 rings (SSSR count). The van der Waals surface area contributed by atoms with E-state index in [-0.39, 0.29) is 29.8 Å². The highest BCUT2D eigenvalue weighted by molar-refractivity contribution is 14.0. The van der Waals surface area contributed by atoms with Crippen molar-refractivity contribution < 1.29 is 18.6 Å². The number of methoxy groups -OCH3 is 1. The van der Waals surface area contributed by atoms with Crippen molar-refractivity contribution >= 4 is 29.9 Å². The summed E-state index contributed by atoms with van der Waals surface area (Å²) < 4.78 is 29.9. The van der Waals surface area contributed by atoms with E-state index >= 15 is 0 Å². The second-order valence-electron chi connectivity index (χ2n) is 7.10. The molecule has 170 valence electrons. The molecule has 1 atom stereocenters. The number of rotatable bonds is 9. The van der Waals surface area contributed by atoms with Gasteiger partial charge in [-0.25, -0.2) is 9.37 Å². The fourth-order valence-electron chi connectivity index (χ4n) is 3.35. The van der Waals surface area contributed by atoms with Crippen LogP contribution in [0.2, 0.25) is 0 Å². The Kier molecular flexibility index (Phi) is 11.0. The summed E-state index contributed by atoms with van der Waals surface area (Å²) in [4.78, 5) is 10.9. The highest BCUT2D eigenvalue weighted by Gasteiger charge is 2.25. The van der Waals surface area contributed by atoms with Crippen molar-refractivity contribution in [3.63, 3.8) is 0 Å². The monoisotopic (exact) mass is 544 g/mol. The number of halogens is 2. The van der Waals surface area contributed by atoms with Crippen molar-refractivity contribution in [3.8, 4) is 11.6 Å². The molecule has 7 nitrogen and oxygen atoms in total. The quantitative estimate of drug-likeness (QED) is 0.225. The summed E-state index contributed by atoms with van der Waals surface area (Å²) in [5.74, 6) is 1.81. The first-order chi connectivity index (χ1) is 14.7. The number of hydrogen-bond donors (Lipinski definition) is 1. The Morgan fingerprint density at radius 2 is 2.16 bits per heavy atom. The van der Waals surface area contributed by atoms with Crippen LogP contribution >= 0.6 is 24.0 Å². The van der Waals surface area contributed by atoms with E-state index in [0.29, 0.717) is 37.3 Å². The SMILES string of the molecule is CN=C(NCc1cccnc1Oc1cccc(F)c1)N1CCC(COCCOC)C1.I. The maximum absolute atomic E-state index is 13.4. The summed E-state index contributed by atoms with van der Waals surface area (Å²) in [6, 6.07) is 9.80. The molecule has 31 heavy (non-hydrogen) atoms. The molecule has 1 aromatic carbocycles. The molecule has 1 N–H and O–H groups in total. The van der Waals surface area contributed by atoms with Crippen LogP contribution in [0.1, 0.15) is 12.0 Å². The van der Waals surface area contributed by atoms with Crippen LogP contribution in [0, 0.1) is 11.7 Å². The van der Waals surface area contributed by atoms with E-state index in [1.54, 1.807) is 32.5 Å². The Bertz CT molecular complexity index is 840. The predicted molar refractivity (Wildman–Crippen MR) is 129 cm³/mol. The third kappa shape index (κ3) is 7.89. The Hall–Kier alpha value is -1.98. The molecule has 2 aromatic rings. The van der Waals surface area contributed by atoms with Crippen LogP contribution in [0.5, 0.6) is 11.6 Å². The first kappa shape index (κ1) is 25.3. The molecular weight excluding hydrogens is 514 g/mol. The Morgan fingerprint density at radius 3 is 2.94 bits per heavy atom. The van der Waals surface area contributed by atoms with Crippen LogP contribution in [0.25, 0.3) is 0 Å². The van der Waals surface area contributed by atoms with Crippen molar-refractivity contribution in [3.05, 3.63) is 54.0 Å². The number of aliphatic imine (C=N–C) groups is 1. The first-order valence-corrected chi connectivity index (χ1v) is 10.1. The molecule has 1 unspecified atom stereocenters. The van der Waals surface area contributed by atoms with Crippen LogP contribution in [-0.4, -0.2) is 62.9 Å². The van der Waals surface area contributed by atoms with Crippen LogP contribution in [0.4, 0.5) is 4.39 Å². The zero-order valence-electron chi connectivity index (χ0n) is 17.9. The van der Waals surface area contributed by atoms with Gasteiger partial charge in [0.1, 0.15) is 11.6 Å². The van der Waals surface area contributed by atoms with Crippen molar-refractivity contribution in [2.45, 2.75) is 13.0 Å². The number of aromatic nitrogens is 1. The molecule has 0 aliphatic carbocycles. The Balaban J connectivity index is 0.00000341. The second kappa shape index (κ2) is 13.4. The zero-order valence-corrected chi connectivity index (χ0v) is 20.3. The lowest BCUT2D eigenvalue weighted by Gasteiger charge is -2.22. The summed E-state index contributed by atoms with van der Waals surface area (Å²) in [6.45, 7) is 4.28. The van der Waals surface area contributed by atoms with Gasteiger partial charge in [-0.2, -0.15) is 0 Å². The maximum atomic E-state index is 13.4. The Labute approximate surface area is 200 Å². The molecule has 1 aliphatic rings. The van der Waals surface area contributed by atoms with E-state index in [1.165, 1.54) is 12.1 Å². The topological polar surface area (TPSA) is 68.2 Å². The molecule has 1 aromatic heterocycles. The van der Waals surface area contributed by atoms with E-state index in [4.69, 9.17) is 14.2 Å². The normalized spacial score (nSPS) is 16.2. The zero-order chi connectivity index (χ0) is 21.2. The van der Waals surface area contributed by atoms with Crippen molar-refractivity contribution in [1.82, 2.24) is 15.2 Å². The smallest absolute Gasteiger partial charge is 0.224 e. The number of guanidine groups is 1. The summed E-state index contributed by atoms with van der Waals surface area (Å²) in [5, 5.41) is 3.38. The van der Waals surface area contributed by atoms with Gasteiger partial charge in [0.25, 0.3) is 0 Å². The number of hydrogen-bond acceptors (Lipinski definition) is 5. The molecular formula is C22H30FIN4O3. The van der Waals surface area contributed by atoms with Gasteiger partial charge in [-0.05, 0) is 24.6 Å². The predicted octanol–water partition coefficient (Wildman–Crippen LogP) is 3.69. The minimum atomic E-state index is -0.349. The van der Waals surface area contributed by atoms with Gasteiger partial charge in [0.2, 0.25) is 5.88 Å². The molecule has 1 saturated heterocycles. The molecule has 0 amide bonds. The summed E-state index contributed by atoms with van der Waals surface area (Å²) in [6.07, 6.45) is 2.72. The van der Waals surface area contributed by atoms with Gasteiger partial charge in [0.05, 0.1) is 19.8 Å². The molecule has 1 fully saturated rings. The highest BCUT2D eigenvalue weighted by atomic mass is 127. The average molecular weight is 544 g/mol. The molecule has 0 spiro atoms. The van der Waals surface area contributed by atoms with Gasteiger partial charge in [0.15, 0.2) is 5.96 Å². The number of benzene rings is 1. The van der Waals surface area contributed by atoms with Gasteiger partial charge >= 0.3 is 0 Å². The number of pyridine rings is 1. The van der Waals surface area contributed by atoms with E-state index in [2.05, 4.69) is 20.2 Å². The van der Waals surface area contributed by atoms with Gasteiger partial charge < -0.3 is 24.4 Å². The largest absolute Gasteiger partial charge is 0.439 e. The maximum Gasteiger partial charge on any atom is 0.224 e. The number of ether oxygens (including phenoxy) is 3. The molecule has 0 saturated carbocycles. The van der Waals surface area contributed by atoms with Gasteiger partial charge in [0, 0.05) is 57.5 Å². The van der Waals surface area contributed by atoms with Crippen molar-refractivity contribution in [2.75, 3.05) is 47.1 Å². The van der Waals surface area contributed by atoms with Gasteiger partial charge in [-0.15, -0.1) is 24.0 Å². The fourth-order valence-corrected chi connectivity index (χ4v) is 3.35. The van der Waals surface area contributed by atoms with Crippen molar-refractivity contribution in [2.24, 2.45) is 10.9 Å². The third-order valence-electron chi connectivity index (χ3n) is 4.88. The first-order valence-electron chi connectivity index (χ1n) is 10.1. The Morgan fingerprint density at radius 1 is 1.29 bits per heavy atom. The third-order valence-corrected chi connectivity index (χ3v) is 4.88. The number of nitrogens with zero attached hydrogens (tertiary/aromatic N) is 3. The van der Waals surface area contributed by atoms with Crippen molar-refractivity contribution in [1.29, 1.82) is 0 Å². The lowest BCUT2D eigenvalue weighted by atomic mass is 10.1. The summed E-state index contributed by atoms with van der Waals surface area (Å²) >= 11 is 0. The van der Waals surface area contributed by atoms with Crippen LogP contribution in [0.15, 0.2) is 47.6 Å². The van der Waals surface area contributed by atoms with E-state index in [9.17, 15) is 4.39 Å². The van der Waals surface area contributed by atoms with E-state index in [1.807, 2.05) is 12.1 Å². The molecule has 1 aliphatic heterocycles. The molecule has 2 heterocycles. The minimum Gasteiger partial charge on any atom is -0.439 e. The van der Waals surface area contributed by atoms with Crippen LogP contribution in [0.3, 0.4) is 0 Å². The molecule has 9 heteroatoms. The summed E-state index contributed by atoms with van der Waals surface area (Å²) in [5.41, 5.74) is 0.863. The van der Waals surface area contributed by atoms with Crippen LogP contribution in [-0.2, 0) is 16.0 Å². The lowest BCUT2D eigenvalue weighted by molar-refractivity contribution is 0.0536. The fraction of sp³-hybridized carbons (Fsp3) is 0.455. The number of likely N-dealkylation sites (tertiary alicyclic amines) is 1. The minimum absolute atomic E-state index is 0. The molecule has 0 bridgehead atoms. The van der Waals surface area contributed by atoms with E-state index < -0.39 is 0 Å². The standard InChI is InChI=1S/C22H29FN4O3.HI/c1-24-22(27-10-8-17(15-27)16-29-12-11-28-2)26-14-18-5-4-9-25-21(18)30-20-7-3-6-19(23)13-20;/h3-7,9,13,17H,8,10-12,14-16H2,1-2H3,(H,24,26);1H. The van der Waals surface area contributed by atoms with Crippen LogP contribution < -0.4 is 10.1 Å². The highest BCUT2D eigenvalue weighted by Crippen LogP contribution is 2.23. The number of nitrogens with one attached hydrogen (secondary N) is 1. The lowest BCUT2D eigenvalue weighted by Crippen LogP contribution is -2.40. The molecule has 0 radical (unpaired) electrons. The van der Waals surface area contributed by atoms with Gasteiger partial charge in [-0.3, -0.25) is 4.99 Å².